The summed E-state index contributed by atoms with van der Waals surface area (Å²) >= 11 is 7.39. The molecule has 3 aromatic carbocycles. The highest BCUT2D eigenvalue weighted by Gasteiger charge is 2.10. The van der Waals surface area contributed by atoms with Gasteiger partial charge in [0.15, 0.2) is 4.80 Å². The van der Waals surface area contributed by atoms with Gasteiger partial charge in [0.25, 0.3) is 0 Å². The first kappa shape index (κ1) is 22.4. The predicted octanol–water partition coefficient (Wildman–Crippen LogP) is 6.69. The highest BCUT2D eigenvalue weighted by molar-refractivity contribution is 7.07. The summed E-state index contributed by atoms with van der Waals surface area (Å²) in [6.45, 7) is 1.60. The second-order valence-electron chi connectivity index (χ2n) is 7.85. The van der Waals surface area contributed by atoms with Crippen LogP contribution in [0, 0.1) is 5.82 Å². The normalized spacial score (nSPS) is 11.9. The molecule has 0 fully saturated rings. The Balaban J connectivity index is 1.55. The van der Waals surface area contributed by atoms with E-state index in [1.54, 1.807) is 19.4 Å². The Hall–Kier alpha value is -3.42. The van der Waals surface area contributed by atoms with Crippen molar-refractivity contribution >= 4 is 39.4 Å². The quantitative estimate of drug-likeness (QED) is 0.254. The molecule has 5 aromatic rings. The van der Waals surface area contributed by atoms with Crippen molar-refractivity contribution in [3.63, 3.8) is 0 Å². The van der Waals surface area contributed by atoms with Gasteiger partial charge in [-0.15, -0.1) is 11.3 Å². The number of hydrogen-bond donors (Lipinski definition) is 0. The number of aryl methyl sites for hydroxylation is 1. The Morgan fingerprint density at radius 3 is 2.71 bits per heavy atom. The van der Waals surface area contributed by atoms with Crippen LogP contribution < -0.4 is 9.54 Å². The van der Waals surface area contributed by atoms with Crippen molar-refractivity contribution in [3.05, 3.63) is 94.3 Å². The standard InChI is InChI=1S/C26H22ClFN4OS/c1-33-22-7-5-18-13-20(4-3-19(18)14-22)25-16-34-26(30-21-6-8-23(27)24(28)15-21)32(25)11-2-10-31-12-9-29-17-31/h3-9,12-17H,2,10-11H2,1H3. The number of halogens is 2. The lowest BCUT2D eigenvalue weighted by Gasteiger charge is -2.11. The van der Waals surface area contributed by atoms with Crippen LogP contribution in [0.4, 0.5) is 10.1 Å². The van der Waals surface area contributed by atoms with Crippen molar-refractivity contribution in [3.8, 4) is 17.0 Å². The second kappa shape index (κ2) is 9.83. The zero-order chi connectivity index (χ0) is 23.5. The summed E-state index contributed by atoms with van der Waals surface area (Å²) in [6.07, 6.45) is 6.45. The van der Waals surface area contributed by atoms with Crippen LogP contribution in [0.2, 0.25) is 5.02 Å². The number of hydrogen-bond acceptors (Lipinski definition) is 4. The van der Waals surface area contributed by atoms with E-state index in [4.69, 9.17) is 21.3 Å². The van der Waals surface area contributed by atoms with Crippen LogP contribution in [-0.4, -0.2) is 21.2 Å². The molecule has 2 heterocycles. The van der Waals surface area contributed by atoms with E-state index in [9.17, 15) is 4.39 Å². The number of rotatable bonds is 7. The van der Waals surface area contributed by atoms with E-state index in [1.807, 2.05) is 24.7 Å². The minimum atomic E-state index is -0.476. The first-order valence-electron chi connectivity index (χ1n) is 10.8. The maximum Gasteiger partial charge on any atom is 0.190 e. The van der Waals surface area contributed by atoms with E-state index in [-0.39, 0.29) is 5.02 Å². The van der Waals surface area contributed by atoms with Crippen molar-refractivity contribution in [2.45, 2.75) is 19.5 Å². The van der Waals surface area contributed by atoms with Crippen molar-refractivity contribution in [2.75, 3.05) is 7.11 Å². The van der Waals surface area contributed by atoms with Gasteiger partial charge in [-0.05, 0) is 53.1 Å². The van der Waals surface area contributed by atoms with Gasteiger partial charge in [0.1, 0.15) is 11.6 Å². The lowest BCUT2D eigenvalue weighted by molar-refractivity contribution is 0.415. The van der Waals surface area contributed by atoms with E-state index in [0.717, 1.165) is 52.1 Å². The fraction of sp³-hybridized carbons (Fsp3) is 0.154. The van der Waals surface area contributed by atoms with Gasteiger partial charge in [-0.25, -0.2) is 14.4 Å². The number of nitrogens with zero attached hydrogens (tertiary/aromatic N) is 4. The van der Waals surface area contributed by atoms with Gasteiger partial charge >= 0.3 is 0 Å². The zero-order valence-electron chi connectivity index (χ0n) is 18.5. The first-order valence-corrected chi connectivity index (χ1v) is 12.1. The number of aromatic nitrogens is 3. The number of thiazole rings is 1. The minimum absolute atomic E-state index is 0.0896. The van der Waals surface area contributed by atoms with E-state index < -0.39 is 5.82 Å². The highest BCUT2D eigenvalue weighted by Crippen LogP contribution is 2.28. The molecule has 0 unspecified atom stereocenters. The molecule has 0 aliphatic rings. The fourth-order valence-corrected chi connectivity index (χ4v) is 4.94. The van der Waals surface area contributed by atoms with Gasteiger partial charge in [-0.3, -0.25) is 0 Å². The van der Waals surface area contributed by atoms with Crippen molar-refractivity contribution in [2.24, 2.45) is 4.99 Å². The molecular weight excluding hydrogens is 471 g/mol. The molecule has 8 heteroatoms. The van der Waals surface area contributed by atoms with Crippen LogP contribution in [0.1, 0.15) is 6.42 Å². The summed E-state index contributed by atoms with van der Waals surface area (Å²) in [5, 5.41) is 4.44. The number of methoxy groups -OCH3 is 1. The van der Waals surface area contributed by atoms with Crippen LogP contribution in [-0.2, 0) is 13.1 Å². The van der Waals surface area contributed by atoms with E-state index in [1.165, 1.54) is 23.5 Å². The minimum Gasteiger partial charge on any atom is -0.497 e. The molecule has 0 amide bonds. The number of fused-ring (bicyclic) bond motifs is 1. The molecule has 0 saturated carbocycles. The molecule has 0 N–H and O–H groups in total. The molecule has 2 aromatic heterocycles. The zero-order valence-corrected chi connectivity index (χ0v) is 20.1. The lowest BCUT2D eigenvalue weighted by atomic mass is 10.0. The Labute approximate surface area is 205 Å². The molecular formula is C26H22ClFN4OS. The summed E-state index contributed by atoms with van der Waals surface area (Å²) in [4.78, 5) is 9.66. The van der Waals surface area contributed by atoms with Gasteiger partial charge in [0.05, 0.1) is 29.8 Å². The summed E-state index contributed by atoms with van der Waals surface area (Å²) in [5.74, 6) is 0.359. The monoisotopic (exact) mass is 492 g/mol. The van der Waals surface area contributed by atoms with Gasteiger partial charge in [0.2, 0.25) is 0 Å². The largest absolute Gasteiger partial charge is 0.497 e. The lowest BCUT2D eigenvalue weighted by Crippen LogP contribution is -2.17. The first-order chi connectivity index (χ1) is 16.6. The van der Waals surface area contributed by atoms with E-state index in [2.05, 4.69) is 43.8 Å². The summed E-state index contributed by atoms with van der Waals surface area (Å²) in [6, 6.07) is 17.1. The molecule has 0 atom stereocenters. The Bertz CT molecular complexity index is 1510. The van der Waals surface area contributed by atoms with Gasteiger partial charge in [-0.1, -0.05) is 29.8 Å². The molecule has 5 nitrogen and oxygen atoms in total. The number of benzene rings is 3. The Morgan fingerprint density at radius 1 is 1.06 bits per heavy atom. The molecule has 172 valence electrons. The molecule has 0 saturated heterocycles. The summed E-state index contributed by atoms with van der Waals surface area (Å²) in [7, 11) is 1.67. The van der Waals surface area contributed by atoms with E-state index >= 15 is 0 Å². The summed E-state index contributed by atoms with van der Waals surface area (Å²) < 4.78 is 23.6. The smallest absolute Gasteiger partial charge is 0.190 e. The van der Waals surface area contributed by atoms with Crippen LogP contribution in [0.3, 0.4) is 0 Å². The molecule has 0 radical (unpaired) electrons. The average molecular weight is 493 g/mol. The van der Waals surface area contributed by atoms with Crippen LogP contribution in [0.25, 0.3) is 22.0 Å². The third-order valence-corrected chi connectivity index (χ3v) is 6.80. The highest BCUT2D eigenvalue weighted by atomic mass is 35.5. The van der Waals surface area contributed by atoms with Crippen LogP contribution >= 0.6 is 22.9 Å². The van der Waals surface area contributed by atoms with E-state index in [0.29, 0.717) is 5.69 Å². The maximum atomic E-state index is 14.0. The molecule has 34 heavy (non-hydrogen) atoms. The molecule has 0 aliphatic carbocycles. The van der Waals surface area contributed by atoms with Crippen LogP contribution in [0.5, 0.6) is 5.75 Å². The maximum absolute atomic E-state index is 14.0. The molecule has 0 bridgehead atoms. The van der Waals surface area contributed by atoms with Gasteiger partial charge in [0, 0.05) is 36.9 Å². The van der Waals surface area contributed by atoms with Gasteiger partial charge in [-0.2, -0.15) is 0 Å². The predicted molar refractivity (Wildman–Crippen MR) is 135 cm³/mol. The Kier molecular flexibility index (Phi) is 6.47. The molecule has 5 rings (SSSR count). The number of ether oxygens (including phenoxy) is 1. The Morgan fingerprint density at radius 2 is 1.91 bits per heavy atom. The molecule has 0 aliphatic heterocycles. The fourth-order valence-electron chi connectivity index (χ4n) is 3.87. The second-order valence-corrected chi connectivity index (χ2v) is 9.09. The SMILES string of the molecule is COc1ccc2cc(-c3csc(=Nc4ccc(Cl)c(F)c4)n3CCCn3ccnc3)ccc2c1. The van der Waals surface area contributed by atoms with Crippen molar-refractivity contribution in [1.29, 1.82) is 0 Å². The third kappa shape index (κ3) is 4.76. The number of imidazole rings is 1. The van der Waals surface area contributed by atoms with Crippen molar-refractivity contribution in [1.82, 2.24) is 14.1 Å². The topological polar surface area (TPSA) is 44.3 Å². The average Bonchev–Trinajstić information content (AvgIpc) is 3.51. The van der Waals surface area contributed by atoms with Crippen LogP contribution in [0.15, 0.2) is 83.7 Å². The van der Waals surface area contributed by atoms with Crippen molar-refractivity contribution < 1.29 is 9.13 Å². The molecule has 0 spiro atoms. The van der Waals surface area contributed by atoms with Gasteiger partial charge < -0.3 is 13.9 Å². The summed E-state index contributed by atoms with van der Waals surface area (Å²) in [5.41, 5.74) is 2.70. The third-order valence-electron chi connectivity index (χ3n) is 5.63.